The van der Waals surface area contributed by atoms with Gasteiger partial charge in [0, 0.05) is 12.1 Å². The van der Waals surface area contributed by atoms with E-state index >= 15 is 0 Å². The van der Waals surface area contributed by atoms with Crippen molar-refractivity contribution in [1.82, 2.24) is 15.8 Å². The predicted molar refractivity (Wildman–Crippen MR) is 71.9 cm³/mol. The molecule has 0 fully saturated rings. The Morgan fingerprint density at radius 1 is 1.32 bits per heavy atom. The maximum Gasteiger partial charge on any atom is 0.273 e. The number of hydrogen-bond acceptors (Lipinski definition) is 5. The largest absolute Gasteiger partial charge is 0.388 e. The minimum atomic E-state index is -0.255. The van der Waals surface area contributed by atoms with Gasteiger partial charge in [0.05, 0.1) is 0 Å². The highest BCUT2D eigenvalue weighted by Crippen LogP contribution is 2.12. The number of rotatable bonds is 9. The van der Waals surface area contributed by atoms with Gasteiger partial charge in [-0.15, -0.1) is 0 Å². The highest BCUT2D eigenvalue weighted by molar-refractivity contribution is 5.93. The number of carbonyl (C=O) groups excluding carboxylic acids is 1. The van der Waals surface area contributed by atoms with Crippen molar-refractivity contribution in [2.24, 2.45) is 0 Å². The molecule has 0 saturated heterocycles. The van der Waals surface area contributed by atoms with E-state index in [9.17, 15) is 4.79 Å². The minimum absolute atomic E-state index is 0.243. The molecule has 1 heterocycles. The molecule has 0 aromatic carbocycles. The molecule has 1 amide bonds. The standard InChI is InChI=1S/C13H23N3O3/c1-3-4-6-14-7-5-8-15-13(18)12-10(2)11(9-17)19-16-12/h14,17H,3-9H2,1-2H3,(H,15,18). The van der Waals surface area contributed by atoms with Gasteiger partial charge in [0.25, 0.3) is 5.91 Å². The second-order valence-electron chi connectivity index (χ2n) is 4.45. The number of unbranched alkanes of at least 4 members (excludes halogenated alkanes) is 1. The summed E-state index contributed by atoms with van der Waals surface area (Å²) in [7, 11) is 0. The van der Waals surface area contributed by atoms with Crippen molar-refractivity contribution >= 4 is 5.91 Å². The third-order valence-electron chi connectivity index (χ3n) is 2.90. The Hall–Kier alpha value is -1.40. The van der Waals surface area contributed by atoms with Crippen molar-refractivity contribution in [2.45, 2.75) is 39.7 Å². The molecule has 0 aliphatic heterocycles. The lowest BCUT2D eigenvalue weighted by molar-refractivity contribution is 0.0943. The molecular weight excluding hydrogens is 246 g/mol. The zero-order valence-corrected chi connectivity index (χ0v) is 11.7. The molecule has 6 nitrogen and oxygen atoms in total. The maximum absolute atomic E-state index is 11.8. The first-order valence-corrected chi connectivity index (χ1v) is 6.75. The molecule has 6 heteroatoms. The summed E-state index contributed by atoms with van der Waals surface area (Å²) in [5.74, 6) is 0.0842. The molecule has 0 spiro atoms. The molecule has 19 heavy (non-hydrogen) atoms. The Labute approximate surface area is 113 Å². The highest BCUT2D eigenvalue weighted by Gasteiger charge is 2.17. The first-order chi connectivity index (χ1) is 9.20. The molecule has 3 N–H and O–H groups in total. The number of hydrogen-bond donors (Lipinski definition) is 3. The van der Waals surface area contributed by atoms with Crippen LogP contribution >= 0.6 is 0 Å². The Morgan fingerprint density at radius 3 is 2.68 bits per heavy atom. The molecule has 1 aromatic heterocycles. The fourth-order valence-corrected chi connectivity index (χ4v) is 1.65. The van der Waals surface area contributed by atoms with Crippen LogP contribution in [0.4, 0.5) is 0 Å². The van der Waals surface area contributed by atoms with Crippen LogP contribution in [-0.2, 0) is 6.61 Å². The summed E-state index contributed by atoms with van der Waals surface area (Å²) in [6, 6.07) is 0. The third kappa shape index (κ3) is 5.00. The smallest absolute Gasteiger partial charge is 0.273 e. The van der Waals surface area contributed by atoms with Crippen LogP contribution < -0.4 is 10.6 Å². The Bertz CT molecular complexity index is 390. The monoisotopic (exact) mass is 269 g/mol. The van der Waals surface area contributed by atoms with E-state index in [2.05, 4.69) is 22.7 Å². The number of amides is 1. The quantitative estimate of drug-likeness (QED) is 0.582. The van der Waals surface area contributed by atoms with Gasteiger partial charge in [-0.25, -0.2) is 0 Å². The lowest BCUT2D eigenvalue weighted by atomic mass is 10.2. The van der Waals surface area contributed by atoms with Crippen LogP contribution in [0, 0.1) is 6.92 Å². The molecule has 0 radical (unpaired) electrons. The molecule has 1 rings (SSSR count). The van der Waals surface area contributed by atoms with E-state index in [0.717, 1.165) is 19.5 Å². The summed E-state index contributed by atoms with van der Waals surface area (Å²) in [4.78, 5) is 11.8. The fraction of sp³-hybridized carbons (Fsp3) is 0.692. The average Bonchev–Trinajstić information content (AvgIpc) is 2.78. The van der Waals surface area contributed by atoms with Crippen LogP contribution in [0.15, 0.2) is 4.52 Å². The lowest BCUT2D eigenvalue weighted by Crippen LogP contribution is -2.28. The fourth-order valence-electron chi connectivity index (χ4n) is 1.65. The van der Waals surface area contributed by atoms with Crippen LogP contribution in [0.25, 0.3) is 0 Å². The summed E-state index contributed by atoms with van der Waals surface area (Å²) in [6.07, 6.45) is 3.23. The number of carbonyl (C=O) groups is 1. The topological polar surface area (TPSA) is 87.4 Å². The molecule has 0 unspecified atom stereocenters. The van der Waals surface area contributed by atoms with Crippen LogP contribution in [0.3, 0.4) is 0 Å². The van der Waals surface area contributed by atoms with Crippen LogP contribution in [-0.4, -0.2) is 35.8 Å². The van der Waals surface area contributed by atoms with Gasteiger partial charge in [0.2, 0.25) is 0 Å². The maximum atomic E-state index is 11.8. The average molecular weight is 269 g/mol. The van der Waals surface area contributed by atoms with Crippen LogP contribution in [0.1, 0.15) is 48.0 Å². The van der Waals surface area contributed by atoms with Crippen LogP contribution in [0.5, 0.6) is 0 Å². The number of aromatic nitrogens is 1. The van der Waals surface area contributed by atoms with Gasteiger partial charge < -0.3 is 20.3 Å². The molecule has 0 aliphatic carbocycles. The van der Waals surface area contributed by atoms with E-state index in [0.29, 0.717) is 17.9 Å². The first kappa shape index (κ1) is 15.7. The van der Waals surface area contributed by atoms with E-state index in [4.69, 9.17) is 9.63 Å². The molecule has 0 bridgehead atoms. The van der Waals surface area contributed by atoms with Crippen LogP contribution in [0.2, 0.25) is 0 Å². The van der Waals surface area contributed by atoms with E-state index in [-0.39, 0.29) is 18.2 Å². The SMILES string of the molecule is CCCCNCCCNC(=O)c1noc(CO)c1C. The lowest BCUT2D eigenvalue weighted by Gasteiger charge is -2.05. The van der Waals surface area contributed by atoms with E-state index in [1.807, 2.05) is 0 Å². The normalized spacial score (nSPS) is 10.7. The van der Waals surface area contributed by atoms with E-state index < -0.39 is 0 Å². The van der Waals surface area contributed by atoms with Gasteiger partial charge >= 0.3 is 0 Å². The number of nitrogens with one attached hydrogen (secondary N) is 2. The summed E-state index contributed by atoms with van der Waals surface area (Å²) in [5, 5.41) is 18.7. The van der Waals surface area contributed by atoms with Gasteiger partial charge in [0.1, 0.15) is 6.61 Å². The van der Waals surface area contributed by atoms with E-state index in [1.165, 1.54) is 12.8 Å². The van der Waals surface area contributed by atoms with Crippen molar-refractivity contribution in [3.63, 3.8) is 0 Å². The molecule has 0 aliphatic rings. The Kier molecular flexibility index (Phi) is 7.14. The molecule has 0 atom stereocenters. The van der Waals surface area contributed by atoms with Gasteiger partial charge in [-0.05, 0) is 32.9 Å². The Morgan fingerprint density at radius 2 is 2.05 bits per heavy atom. The van der Waals surface area contributed by atoms with Crippen molar-refractivity contribution in [3.05, 3.63) is 17.0 Å². The summed E-state index contributed by atoms with van der Waals surface area (Å²) in [6.45, 7) is 6.13. The van der Waals surface area contributed by atoms with E-state index in [1.54, 1.807) is 6.92 Å². The predicted octanol–water partition coefficient (Wildman–Crippen LogP) is 0.985. The van der Waals surface area contributed by atoms with Gasteiger partial charge in [-0.3, -0.25) is 4.79 Å². The second-order valence-corrected chi connectivity index (χ2v) is 4.45. The second kappa shape index (κ2) is 8.66. The summed E-state index contributed by atoms with van der Waals surface area (Å²) in [5.41, 5.74) is 0.851. The zero-order valence-electron chi connectivity index (χ0n) is 11.7. The van der Waals surface area contributed by atoms with Crippen molar-refractivity contribution in [2.75, 3.05) is 19.6 Å². The van der Waals surface area contributed by atoms with Gasteiger partial charge in [-0.1, -0.05) is 18.5 Å². The van der Waals surface area contributed by atoms with Gasteiger partial charge in [-0.2, -0.15) is 0 Å². The first-order valence-electron chi connectivity index (χ1n) is 6.75. The molecule has 1 aromatic rings. The van der Waals surface area contributed by atoms with Crippen molar-refractivity contribution < 1.29 is 14.4 Å². The third-order valence-corrected chi connectivity index (χ3v) is 2.90. The molecular formula is C13H23N3O3. The molecule has 108 valence electrons. The highest BCUT2D eigenvalue weighted by atomic mass is 16.5. The summed E-state index contributed by atoms with van der Waals surface area (Å²) >= 11 is 0. The van der Waals surface area contributed by atoms with Crippen molar-refractivity contribution in [1.29, 1.82) is 0 Å². The number of aliphatic hydroxyl groups is 1. The number of nitrogens with zero attached hydrogens (tertiary/aromatic N) is 1. The zero-order chi connectivity index (χ0) is 14.1. The number of aliphatic hydroxyl groups excluding tert-OH is 1. The minimum Gasteiger partial charge on any atom is -0.388 e. The Balaban J connectivity index is 2.22. The summed E-state index contributed by atoms with van der Waals surface area (Å²) < 4.78 is 4.86. The van der Waals surface area contributed by atoms with Gasteiger partial charge in [0.15, 0.2) is 11.5 Å². The van der Waals surface area contributed by atoms with Crippen molar-refractivity contribution in [3.8, 4) is 0 Å². The molecule has 0 saturated carbocycles.